The number of aromatic nitrogens is 2. The summed E-state index contributed by atoms with van der Waals surface area (Å²) in [6.07, 6.45) is 3.44. The minimum Gasteiger partial charge on any atom is -0.367 e. The van der Waals surface area contributed by atoms with Gasteiger partial charge in [0.25, 0.3) is 0 Å². The van der Waals surface area contributed by atoms with Crippen molar-refractivity contribution in [3.8, 4) is 0 Å². The third kappa shape index (κ3) is 2.66. The van der Waals surface area contributed by atoms with Gasteiger partial charge in [-0.2, -0.15) is 0 Å². The molecule has 0 aromatic carbocycles. The first-order valence-electron chi connectivity index (χ1n) is 6.27. The van der Waals surface area contributed by atoms with E-state index in [1.54, 1.807) is 0 Å². The highest BCUT2D eigenvalue weighted by Crippen LogP contribution is 2.39. The van der Waals surface area contributed by atoms with Crippen LogP contribution in [0.15, 0.2) is 0 Å². The van der Waals surface area contributed by atoms with Crippen molar-refractivity contribution in [3.63, 3.8) is 0 Å². The lowest BCUT2D eigenvalue weighted by molar-refractivity contribution is 0.753. The van der Waals surface area contributed by atoms with E-state index in [0.717, 1.165) is 29.4 Å². The van der Waals surface area contributed by atoms with Crippen LogP contribution >= 0.6 is 0 Å². The van der Waals surface area contributed by atoms with Crippen molar-refractivity contribution in [2.45, 2.75) is 52.0 Å². The molecule has 0 saturated heterocycles. The van der Waals surface area contributed by atoms with Gasteiger partial charge >= 0.3 is 0 Å². The summed E-state index contributed by atoms with van der Waals surface area (Å²) in [6, 6.07) is 0.404. The van der Waals surface area contributed by atoms with Crippen molar-refractivity contribution in [1.82, 2.24) is 9.97 Å². The van der Waals surface area contributed by atoms with Gasteiger partial charge in [-0.25, -0.2) is 15.8 Å². The molecule has 1 aromatic rings. The maximum Gasteiger partial charge on any atom is 0.148 e. The van der Waals surface area contributed by atoms with Gasteiger partial charge in [0.1, 0.15) is 17.5 Å². The number of nitrogens with zero attached hydrogens (tertiary/aromatic N) is 2. The molecular weight excluding hydrogens is 214 g/mol. The fraction of sp³-hybridized carbons (Fsp3) is 0.667. The fourth-order valence-corrected chi connectivity index (χ4v) is 1.67. The highest BCUT2D eigenvalue weighted by atomic mass is 15.3. The molecule has 0 radical (unpaired) electrons. The van der Waals surface area contributed by atoms with Gasteiger partial charge in [0.2, 0.25) is 0 Å². The van der Waals surface area contributed by atoms with Gasteiger partial charge < -0.3 is 10.7 Å². The molecule has 1 aliphatic rings. The number of rotatable bonds is 5. The topological polar surface area (TPSA) is 75.9 Å². The number of hydrogen-bond donors (Lipinski definition) is 3. The molecule has 1 heterocycles. The van der Waals surface area contributed by atoms with E-state index in [2.05, 4.69) is 34.6 Å². The summed E-state index contributed by atoms with van der Waals surface area (Å²) in [7, 11) is 0. The Morgan fingerprint density at radius 3 is 2.53 bits per heavy atom. The van der Waals surface area contributed by atoms with E-state index in [4.69, 9.17) is 5.84 Å². The summed E-state index contributed by atoms with van der Waals surface area (Å²) in [5.74, 6) is 8.58. The number of hydrogen-bond acceptors (Lipinski definition) is 5. The first kappa shape index (κ1) is 12.1. The van der Waals surface area contributed by atoms with Crippen LogP contribution in [0.1, 0.15) is 50.4 Å². The molecule has 17 heavy (non-hydrogen) atoms. The molecule has 0 aliphatic heterocycles. The van der Waals surface area contributed by atoms with Gasteiger partial charge in [-0.05, 0) is 33.1 Å². The van der Waals surface area contributed by atoms with Gasteiger partial charge in [-0.3, -0.25) is 0 Å². The molecule has 5 nitrogen and oxygen atoms in total. The number of nitrogens with two attached hydrogens (primary N) is 1. The first-order chi connectivity index (χ1) is 8.15. The Labute approximate surface area is 102 Å². The zero-order valence-corrected chi connectivity index (χ0v) is 10.7. The van der Waals surface area contributed by atoms with Crippen LogP contribution in [0.2, 0.25) is 0 Å². The molecule has 5 heteroatoms. The molecule has 1 fully saturated rings. The zero-order chi connectivity index (χ0) is 12.4. The van der Waals surface area contributed by atoms with E-state index in [0.29, 0.717) is 12.0 Å². The highest BCUT2D eigenvalue weighted by Gasteiger charge is 2.28. The normalized spacial score (nSPS) is 16.7. The monoisotopic (exact) mass is 235 g/mol. The van der Waals surface area contributed by atoms with Crippen molar-refractivity contribution in [1.29, 1.82) is 0 Å². The summed E-state index contributed by atoms with van der Waals surface area (Å²) in [4.78, 5) is 9.07. The third-order valence-electron chi connectivity index (χ3n) is 3.24. The molecule has 0 bridgehead atoms. The highest BCUT2D eigenvalue weighted by molar-refractivity contribution is 5.57. The molecule has 2 rings (SSSR count). The zero-order valence-electron chi connectivity index (χ0n) is 10.7. The second-order valence-electron chi connectivity index (χ2n) is 4.78. The van der Waals surface area contributed by atoms with Gasteiger partial charge in [-0.1, -0.05) is 6.92 Å². The molecule has 1 atom stereocenters. The lowest BCUT2D eigenvalue weighted by Gasteiger charge is -2.17. The Morgan fingerprint density at radius 1 is 1.35 bits per heavy atom. The average molecular weight is 235 g/mol. The summed E-state index contributed by atoms with van der Waals surface area (Å²) in [5, 5.41) is 3.41. The second kappa shape index (κ2) is 4.87. The lowest BCUT2D eigenvalue weighted by atomic mass is 10.2. The van der Waals surface area contributed by atoms with Crippen molar-refractivity contribution in [3.05, 3.63) is 11.4 Å². The lowest BCUT2D eigenvalue weighted by Crippen LogP contribution is -2.19. The smallest absolute Gasteiger partial charge is 0.148 e. The van der Waals surface area contributed by atoms with E-state index in [1.165, 1.54) is 12.8 Å². The molecule has 1 unspecified atom stereocenters. The molecule has 94 valence electrons. The second-order valence-corrected chi connectivity index (χ2v) is 4.78. The van der Waals surface area contributed by atoms with Crippen LogP contribution in [0.5, 0.6) is 0 Å². The average Bonchev–Trinajstić information content (AvgIpc) is 3.15. The quantitative estimate of drug-likeness (QED) is 0.538. The van der Waals surface area contributed by atoms with Crippen LogP contribution in [0.4, 0.5) is 11.6 Å². The van der Waals surface area contributed by atoms with E-state index in [-0.39, 0.29) is 0 Å². The Kier molecular flexibility index (Phi) is 3.47. The molecule has 1 saturated carbocycles. The Balaban J connectivity index is 2.30. The molecular formula is C12H21N5. The van der Waals surface area contributed by atoms with Crippen LogP contribution in [0.25, 0.3) is 0 Å². The Bertz CT molecular complexity index is 400. The largest absolute Gasteiger partial charge is 0.367 e. The van der Waals surface area contributed by atoms with E-state index in [1.807, 2.05) is 6.92 Å². The van der Waals surface area contributed by atoms with Crippen LogP contribution in [-0.2, 0) is 0 Å². The first-order valence-corrected chi connectivity index (χ1v) is 6.27. The number of nitrogens with one attached hydrogen (secondary N) is 2. The summed E-state index contributed by atoms with van der Waals surface area (Å²) < 4.78 is 0. The molecule has 1 aliphatic carbocycles. The molecule has 4 N–H and O–H groups in total. The van der Waals surface area contributed by atoms with Gasteiger partial charge in [0.15, 0.2) is 0 Å². The van der Waals surface area contributed by atoms with E-state index >= 15 is 0 Å². The summed E-state index contributed by atoms with van der Waals surface area (Å²) >= 11 is 0. The standard InChI is InChI=1S/C12H21N5/c1-4-7(2)14-10-8(3)11(17-13)16-12(15-10)9-5-6-9/h7,9H,4-6,13H2,1-3H3,(H2,14,15,16,17). The predicted octanol–water partition coefficient (Wildman–Crippen LogP) is 2.16. The molecule has 0 spiro atoms. The van der Waals surface area contributed by atoms with Crippen LogP contribution in [-0.4, -0.2) is 16.0 Å². The number of nitrogen functional groups attached to an aromatic ring is 1. The predicted molar refractivity (Wildman–Crippen MR) is 69.9 cm³/mol. The number of anilines is 2. The number of hydrazine groups is 1. The SMILES string of the molecule is CCC(C)Nc1nc(C2CC2)nc(NN)c1C. The summed E-state index contributed by atoms with van der Waals surface area (Å²) in [5.41, 5.74) is 3.64. The maximum absolute atomic E-state index is 5.50. The van der Waals surface area contributed by atoms with Crippen molar-refractivity contribution in [2.75, 3.05) is 10.7 Å². The van der Waals surface area contributed by atoms with Crippen LogP contribution in [0.3, 0.4) is 0 Å². The van der Waals surface area contributed by atoms with Crippen molar-refractivity contribution < 1.29 is 0 Å². The van der Waals surface area contributed by atoms with E-state index < -0.39 is 0 Å². The minimum atomic E-state index is 0.404. The Hall–Kier alpha value is -1.36. The third-order valence-corrected chi connectivity index (χ3v) is 3.24. The van der Waals surface area contributed by atoms with Crippen LogP contribution in [0, 0.1) is 6.92 Å². The van der Waals surface area contributed by atoms with Crippen molar-refractivity contribution in [2.24, 2.45) is 5.84 Å². The fourth-order valence-electron chi connectivity index (χ4n) is 1.67. The molecule has 1 aromatic heterocycles. The van der Waals surface area contributed by atoms with E-state index in [9.17, 15) is 0 Å². The van der Waals surface area contributed by atoms with Gasteiger partial charge in [-0.15, -0.1) is 0 Å². The van der Waals surface area contributed by atoms with Gasteiger partial charge in [0, 0.05) is 17.5 Å². The van der Waals surface area contributed by atoms with Crippen LogP contribution < -0.4 is 16.6 Å². The van der Waals surface area contributed by atoms with Gasteiger partial charge in [0.05, 0.1) is 0 Å². The Morgan fingerprint density at radius 2 is 2.00 bits per heavy atom. The minimum absolute atomic E-state index is 0.404. The summed E-state index contributed by atoms with van der Waals surface area (Å²) in [6.45, 7) is 6.28. The maximum atomic E-state index is 5.50. The molecule has 0 amide bonds. The van der Waals surface area contributed by atoms with Crippen molar-refractivity contribution >= 4 is 11.6 Å².